The van der Waals surface area contributed by atoms with Crippen molar-refractivity contribution in [1.29, 1.82) is 0 Å². The van der Waals surface area contributed by atoms with Gasteiger partial charge in [0.25, 0.3) is 5.91 Å². The normalized spacial score (nSPS) is 17.3. The van der Waals surface area contributed by atoms with E-state index < -0.39 is 0 Å². The van der Waals surface area contributed by atoms with Gasteiger partial charge in [-0.05, 0) is 30.7 Å². The predicted octanol–water partition coefficient (Wildman–Crippen LogP) is 2.30. The maximum Gasteiger partial charge on any atom is 0.274 e. The highest BCUT2D eigenvalue weighted by molar-refractivity contribution is 6.07. The maximum atomic E-state index is 12.8. The number of pyridine rings is 1. The third-order valence-corrected chi connectivity index (χ3v) is 4.87. The molecule has 2 amide bonds. The zero-order valence-corrected chi connectivity index (χ0v) is 15.1. The summed E-state index contributed by atoms with van der Waals surface area (Å²) in [4.78, 5) is 33.0. The van der Waals surface area contributed by atoms with E-state index in [0.29, 0.717) is 37.6 Å². The maximum absolute atomic E-state index is 12.8. The molecule has 0 saturated carbocycles. The Bertz CT molecular complexity index is 849. The summed E-state index contributed by atoms with van der Waals surface area (Å²) in [5, 5.41) is 2.92. The number of hydrogen-bond acceptors (Lipinski definition) is 5. The Balaban J connectivity index is 1.54. The number of carbonyl (C=O) groups excluding carboxylic acids is 2. The molecule has 2 aliphatic heterocycles. The number of nitrogens with zero attached hydrogens (tertiary/aromatic N) is 3. The lowest BCUT2D eigenvalue weighted by atomic mass is 10.2. The highest BCUT2D eigenvalue weighted by Gasteiger charge is 2.24. The number of ether oxygens (including phenoxy) is 1. The average Bonchev–Trinajstić information content (AvgIpc) is 3.15. The monoisotopic (exact) mass is 366 g/mol. The average molecular weight is 366 g/mol. The van der Waals surface area contributed by atoms with Gasteiger partial charge in [0.15, 0.2) is 0 Å². The Hall–Kier alpha value is -2.93. The molecule has 3 heterocycles. The molecule has 0 radical (unpaired) electrons. The second-order valence-corrected chi connectivity index (χ2v) is 6.62. The summed E-state index contributed by atoms with van der Waals surface area (Å²) in [6.45, 7) is 3.63. The van der Waals surface area contributed by atoms with Crippen LogP contribution in [0.4, 0.5) is 17.1 Å². The van der Waals surface area contributed by atoms with Crippen LogP contribution in [-0.4, -0.2) is 49.6 Å². The third-order valence-electron chi connectivity index (χ3n) is 4.87. The summed E-state index contributed by atoms with van der Waals surface area (Å²) < 4.78 is 5.38. The van der Waals surface area contributed by atoms with Crippen molar-refractivity contribution in [3.05, 3.63) is 48.3 Å². The fraction of sp³-hybridized carbons (Fsp3) is 0.350. The molecule has 1 aromatic carbocycles. The first-order valence-corrected chi connectivity index (χ1v) is 9.22. The van der Waals surface area contributed by atoms with E-state index in [2.05, 4.69) is 15.2 Å². The number of amides is 2. The fourth-order valence-corrected chi connectivity index (χ4v) is 3.47. The molecule has 0 aliphatic carbocycles. The number of benzene rings is 1. The minimum Gasteiger partial charge on any atom is -0.378 e. The smallest absolute Gasteiger partial charge is 0.274 e. The Labute approximate surface area is 157 Å². The first-order chi connectivity index (χ1) is 13.2. The van der Waals surface area contributed by atoms with Gasteiger partial charge in [-0.3, -0.25) is 14.6 Å². The zero-order chi connectivity index (χ0) is 18.6. The Morgan fingerprint density at radius 3 is 2.70 bits per heavy atom. The molecule has 2 aromatic rings. The Morgan fingerprint density at radius 2 is 1.93 bits per heavy atom. The molecule has 0 bridgehead atoms. The van der Waals surface area contributed by atoms with E-state index in [4.69, 9.17) is 4.74 Å². The molecule has 7 nitrogen and oxygen atoms in total. The van der Waals surface area contributed by atoms with Gasteiger partial charge < -0.3 is 19.9 Å². The van der Waals surface area contributed by atoms with Gasteiger partial charge in [-0.1, -0.05) is 12.1 Å². The first-order valence-electron chi connectivity index (χ1n) is 9.22. The number of carbonyl (C=O) groups is 2. The van der Waals surface area contributed by atoms with Crippen LogP contribution in [0.15, 0.2) is 42.6 Å². The van der Waals surface area contributed by atoms with Gasteiger partial charge in [-0.25, -0.2) is 0 Å². The van der Waals surface area contributed by atoms with Gasteiger partial charge in [0, 0.05) is 37.9 Å². The number of aromatic nitrogens is 1. The lowest BCUT2D eigenvalue weighted by Crippen LogP contribution is -2.36. The van der Waals surface area contributed by atoms with Gasteiger partial charge in [0.2, 0.25) is 5.91 Å². The van der Waals surface area contributed by atoms with E-state index in [1.54, 1.807) is 17.2 Å². The molecule has 0 atom stereocenters. The molecule has 140 valence electrons. The highest BCUT2D eigenvalue weighted by Crippen LogP contribution is 2.29. The lowest BCUT2D eigenvalue weighted by molar-refractivity contribution is -0.117. The lowest BCUT2D eigenvalue weighted by Gasteiger charge is -2.28. The van der Waals surface area contributed by atoms with Crippen molar-refractivity contribution in [2.75, 3.05) is 48.0 Å². The summed E-state index contributed by atoms with van der Waals surface area (Å²) in [5.41, 5.74) is 2.66. The molecule has 1 aromatic heterocycles. The van der Waals surface area contributed by atoms with Crippen molar-refractivity contribution in [3.63, 3.8) is 0 Å². The second kappa shape index (κ2) is 7.75. The molecule has 4 rings (SSSR count). The van der Waals surface area contributed by atoms with Gasteiger partial charge in [0.1, 0.15) is 5.69 Å². The van der Waals surface area contributed by atoms with Crippen LogP contribution in [0.3, 0.4) is 0 Å². The van der Waals surface area contributed by atoms with E-state index in [0.717, 1.165) is 30.9 Å². The van der Waals surface area contributed by atoms with E-state index in [9.17, 15) is 9.59 Å². The quantitative estimate of drug-likeness (QED) is 0.899. The van der Waals surface area contributed by atoms with Gasteiger partial charge in [0.05, 0.1) is 24.6 Å². The SMILES string of the molecule is O=C(Nc1ccccc1N1CCCC1=O)c1cc(N2CCOCC2)ccn1. The minimum atomic E-state index is -0.288. The zero-order valence-electron chi connectivity index (χ0n) is 15.1. The van der Waals surface area contributed by atoms with Crippen molar-refractivity contribution in [2.24, 2.45) is 0 Å². The van der Waals surface area contributed by atoms with Gasteiger partial charge in [-0.15, -0.1) is 0 Å². The number of para-hydroxylation sites is 2. The summed E-state index contributed by atoms with van der Waals surface area (Å²) in [5.74, 6) is -0.201. The minimum absolute atomic E-state index is 0.0872. The Kier molecular flexibility index (Phi) is 5.02. The first kappa shape index (κ1) is 17.5. The summed E-state index contributed by atoms with van der Waals surface area (Å²) in [7, 11) is 0. The molecule has 7 heteroatoms. The van der Waals surface area contributed by atoms with Crippen LogP contribution in [0.5, 0.6) is 0 Å². The standard InChI is InChI=1S/C20H22N4O3/c25-19-6-3-9-24(19)18-5-2-1-4-16(18)22-20(26)17-14-15(7-8-21-17)23-10-12-27-13-11-23/h1-2,4-5,7-8,14H,3,6,9-13H2,(H,22,26). The van der Waals surface area contributed by atoms with Crippen LogP contribution >= 0.6 is 0 Å². The van der Waals surface area contributed by atoms with Gasteiger partial charge in [-0.2, -0.15) is 0 Å². The van der Waals surface area contributed by atoms with E-state index in [1.165, 1.54) is 0 Å². The fourth-order valence-electron chi connectivity index (χ4n) is 3.47. The molecular formula is C20H22N4O3. The summed E-state index contributed by atoms with van der Waals surface area (Å²) >= 11 is 0. The van der Waals surface area contributed by atoms with Crippen LogP contribution < -0.4 is 15.1 Å². The molecule has 2 saturated heterocycles. The van der Waals surface area contributed by atoms with Crippen molar-refractivity contribution in [3.8, 4) is 0 Å². The molecule has 27 heavy (non-hydrogen) atoms. The van der Waals surface area contributed by atoms with Crippen LogP contribution in [0.25, 0.3) is 0 Å². The van der Waals surface area contributed by atoms with Crippen molar-refractivity contribution >= 4 is 28.9 Å². The van der Waals surface area contributed by atoms with Crippen molar-refractivity contribution in [2.45, 2.75) is 12.8 Å². The number of anilines is 3. The molecular weight excluding hydrogens is 344 g/mol. The number of morpholine rings is 1. The van der Waals surface area contributed by atoms with Crippen LogP contribution in [0.2, 0.25) is 0 Å². The number of nitrogens with one attached hydrogen (secondary N) is 1. The van der Waals surface area contributed by atoms with E-state index in [-0.39, 0.29) is 11.8 Å². The summed E-state index contributed by atoms with van der Waals surface area (Å²) in [6.07, 6.45) is 3.03. The van der Waals surface area contributed by atoms with Gasteiger partial charge >= 0.3 is 0 Å². The highest BCUT2D eigenvalue weighted by atomic mass is 16.5. The van der Waals surface area contributed by atoms with Crippen LogP contribution in [-0.2, 0) is 9.53 Å². The molecule has 0 unspecified atom stereocenters. The van der Waals surface area contributed by atoms with Crippen molar-refractivity contribution in [1.82, 2.24) is 4.98 Å². The molecule has 2 fully saturated rings. The number of rotatable bonds is 4. The molecule has 1 N–H and O–H groups in total. The number of hydrogen-bond donors (Lipinski definition) is 1. The summed E-state index contributed by atoms with van der Waals surface area (Å²) in [6, 6.07) is 11.1. The predicted molar refractivity (Wildman–Crippen MR) is 103 cm³/mol. The van der Waals surface area contributed by atoms with E-state index in [1.807, 2.05) is 30.3 Å². The largest absolute Gasteiger partial charge is 0.378 e. The van der Waals surface area contributed by atoms with Crippen LogP contribution in [0, 0.1) is 0 Å². The van der Waals surface area contributed by atoms with E-state index >= 15 is 0 Å². The van der Waals surface area contributed by atoms with Crippen LogP contribution in [0.1, 0.15) is 23.3 Å². The second-order valence-electron chi connectivity index (χ2n) is 6.62. The molecule has 0 spiro atoms. The molecule has 2 aliphatic rings. The third kappa shape index (κ3) is 3.78. The Morgan fingerprint density at radius 1 is 1.11 bits per heavy atom. The topological polar surface area (TPSA) is 74.8 Å². The van der Waals surface area contributed by atoms with Crippen molar-refractivity contribution < 1.29 is 14.3 Å².